The minimum Gasteiger partial charge on any atom is -0.469 e. The molecule has 5 nitrogen and oxygen atoms in total. The quantitative estimate of drug-likeness (QED) is 0.603. The van der Waals surface area contributed by atoms with Crippen molar-refractivity contribution in [2.75, 3.05) is 25.4 Å². The second kappa shape index (κ2) is 5.98. The number of hydrogen-bond acceptors (Lipinski definition) is 5. The molecule has 84 valence electrons. The molecule has 0 aromatic carbocycles. The second-order valence-corrected chi connectivity index (χ2v) is 5.00. The molecule has 0 spiro atoms. The van der Waals surface area contributed by atoms with Crippen molar-refractivity contribution < 1.29 is 22.7 Å². The van der Waals surface area contributed by atoms with Gasteiger partial charge in [-0.05, 0) is 6.92 Å². The molecule has 0 saturated carbocycles. The molecule has 0 rings (SSSR count). The summed E-state index contributed by atoms with van der Waals surface area (Å²) < 4.78 is 31.8. The molecule has 0 saturated heterocycles. The van der Waals surface area contributed by atoms with Gasteiger partial charge < -0.3 is 9.47 Å². The molecule has 0 aromatic heterocycles. The van der Waals surface area contributed by atoms with Crippen LogP contribution in [0, 0.1) is 5.92 Å². The third-order valence-electron chi connectivity index (χ3n) is 1.57. The van der Waals surface area contributed by atoms with Gasteiger partial charge in [-0.25, -0.2) is 8.42 Å². The number of carbonyl (C=O) groups excluding carboxylic acids is 1. The average Bonchev–Trinajstić information content (AvgIpc) is 2.12. The van der Waals surface area contributed by atoms with Crippen molar-refractivity contribution in [2.24, 2.45) is 5.92 Å². The smallest absolute Gasteiger partial charge is 0.309 e. The first-order valence-corrected chi connectivity index (χ1v) is 6.11. The summed E-state index contributed by atoms with van der Waals surface area (Å²) in [7, 11) is -2.09. The van der Waals surface area contributed by atoms with Gasteiger partial charge in [-0.2, -0.15) is 0 Å². The molecule has 0 fully saturated rings. The van der Waals surface area contributed by atoms with Gasteiger partial charge in [0.1, 0.15) is 5.94 Å². The number of ether oxygens (including phenoxy) is 2. The van der Waals surface area contributed by atoms with Crippen molar-refractivity contribution in [1.82, 2.24) is 0 Å². The fraction of sp³-hybridized carbons (Fsp3) is 0.875. The fourth-order valence-corrected chi connectivity index (χ4v) is 2.32. The molecule has 0 heterocycles. The lowest BCUT2D eigenvalue weighted by Gasteiger charge is -2.09. The van der Waals surface area contributed by atoms with Crippen LogP contribution in [0.2, 0.25) is 0 Å². The van der Waals surface area contributed by atoms with Crippen LogP contribution in [0.4, 0.5) is 0 Å². The van der Waals surface area contributed by atoms with Gasteiger partial charge in [0.25, 0.3) is 0 Å². The zero-order chi connectivity index (χ0) is 11.2. The third-order valence-corrected chi connectivity index (χ3v) is 3.11. The Bertz CT molecular complexity index is 269. The lowest BCUT2D eigenvalue weighted by molar-refractivity contribution is -0.144. The number of rotatable bonds is 6. The van der Waals surface area contributed by atoms with E-state index in [1.807, 2.05) is 0 Å². The van der Waals surface area contributed by atoms with E-state index in [1.54, 1.807) is 6.92 Å². The normalized spacial score (nSPS) is 13.6. The van der Waals surface area contributed by atoms with Crippen LogP contribution in [0.5, 0.6) is 0 Å². The predicted octanol–water partition coefficient (Wildman–Crippen LogP) is 0.204. The minimum absolute atomic E-state index is 0.236. The van der Waals surface area contributed by atoms with Crippen molar-refractivity contribution in [1.29, 1.82) is 0 Å². The molecule has 0 N–H and O–H groups in total. The van der Waals surface area contributed by atoms with Crippen LogP contribution in [0.15, 0.2) is 0 Å². The summed E-state index contributed by atoms with van der Waals surface area (Å²) in [6.45, 7) is 3.56. The summed E-state index contributed by atoms with van der Waals surface area (Å²) in [6, 6.07) is 0. The molecular weight excluding hydrogens is 208 g/mol. The Morgan fingerprint density at radius 1 is 1.43 bits per heavy atom. The van der Waals surface area contributed by atoms with Gasteiger partial charge in [-0.1, -0.05) is 6.92 Å². The van der Waals surface area contributed by atoms with E-state index in [2.05, 4.69) is 4.74 Å². The summed E-state index contributed by atoms with van der Waals surface area (Å²) in [5.74, 6) is -1.75. The number of carbonyl (C=O) groups is 1. The van der Waals surface area contributed by atoms with E-state index in [0.29, 0.717) is 6.61 Å². The van der Waals surface area contributed by atoms with Crippen molar-refractivity contribution >= 4 is 15.8 Å². The zero-order valence-corrected chi connectivity index (χ0v) is 9.46. The summed E-state index contributed by atoms with van der Waals surface area (Å²) in [5, 5.41) is 0. The maximum absolute atomic E-state index is 11.3. The molecule has 6 heteroatoms. The Morgan fingerprint density at radius 3 is 2.43 bits per heavy atom. The third kappa shape index (κ3) is 5.18. The van der Waals surface area contributed by atoms with E-state index >= 15 is 0 Å². The minimum atomic E-state index is -3.32. The first kappa shape index (κ1) is 13.4. The Balaban J connectivity index is 4.15. The van der Waals surface area contributed by atoms with Gasteiger partial charge in [-0.15, -0.1) is 0 Å². The molecule has 0 amide bonds. The van der Waals surface area contributed by atoms with Crippen LogP contribution >= 0.6 is 0 Å². The summed E-state index contributed by atoms with van der Waals surface area (Å²) in [4.78, 5) is 10.9. The molecular formula is C8H16O5S. The van der Waals surface area contributed by atoms with Crippen LogP contribution < -0.4 is 0 Å². The number of methoxy groups -OCH3 is 1. The molecule has 0 aliphatic heterocycles. The van der Waals surface area contributed by atoms with Gasteiger partial charge in [0.05, 0.1) is 18.8 Å². The lowest BCUT2D eigenvalue weighted by Crippen LogP contribution is -2.25. The molecule has 1 atom stereocenters. The Hall–Kier alpha value is -0.620. The highest BCUT2D eigenvalue weighted by Crippen LogP contribution is 2.04. The van der Waals surface area contributed by atoms with Crippen LogP contribution in [0.1, 0.15) is 13.8 Å². The zero-order valence-electron chi connectivity index (χ0n) is 8.65. The molecule has 0 aliphatic rings. The number of esters is 1. The van der Waals surface area contributed by atoms with E-state index in [0.717, 1.165) is 0 Å². The Morgan fingerprint density at radius 2 is 2.00 bits per heavy atom. The van der Waals surface area contributed by atoms with E-state index in [4.69, 9.17) is 4.74 Å². The monoisotopic (exact) mass is 224 g/mol. The standard InChI is InChI=1S/C8H16O5S/c1-4-13-6-14(10,11)5-7(2)8(9)12-3/h7H,4-6H2,1-3H3. The molecule has 0 aromatic rings. The van der Waals surface area contributed by atoms with Crippen LogP contribution in [-0.2, 0) is 24.1 Å². The van der Waals surface area contributed by atoms with Crippen LogP contribution in [-0.4, -0.2) is 39.8 Å². The molecule has 0 bridgehead atoms. The molecule has 14 heavy (non-hydrogen) atoms. The number of sulfone groups is 1. The molecule has 0 radical (unpaired) electrons. The van der Waals surface area contributed by atoms with E-state index in [9.17, 15) is 13.2 Å². The molecule has 1 unspecified atom stereocenters. The van der Waals surface area contributed by atoms with Crippen molar-refractivity contribution in [3.8, 4) is 0 Å². The summed E-state index contributed by atoms with van der Waals surface area (Å²) in [5.41, 5.74) is 0. The highest BCUT2D eigenvalue weighted by Gasteiger charge is 2.21. The SMILES string of the molecule is CCOCS(=O)(=O)CC(C)C(=O)OC. The predicted molar refractivity (Wildman–Crippen MR) is 51.5 cm³/mol. The maximum atomic E-state index is 11.3. The van der Waals surface area contributed by atoms with E-state index in [-0.39, 0.29) is 11.7 Å². The number of hydrogen-bond donors (Lipinski definition) is 0. The van der Waals surface area contributed by atoms with E-state index < -0.39 is 21.7 Å². The lowest BCUT2D eigenvalue weighted by atomic mass is 10.2. The van der Waals surface area contributed by atoms with Crippen molar-refractivity contribution in [3.63, 3.8) is 0 Å². The van der Waals surface area contributed by atoms with Gasteiger partial charge in [0.2, 0.25) is 0 Å². The van der Waals surface area contributed by atoms with E-state index in [1.165, 1.54) is 14.0 Å². The first-order chi connectivity index (χ1) is 6.43. The maximum Gasteiger partial charge on any atom is 0.309 e. The van der Waals surface area contributed by atoms with Crippen LogP contribution in [0.25, 0.3) is 0 Å². The topological polar surface area (TPSA) is 69.7 Å². The summed E-state index contributed by atoms with van der Waals surface area (Å²) in [6.07, 6.45) is 0. The van der Waals surface area contributed by atoms with Gasteiger partial charge >= 0.3 is 5.97 Å². The fourth-order valence-electron chi connectivity index (χ4n) is 0.909. The highest BCUT2D eigenvalue weighted by molar-refractivity contribution is 7.91. The van der Waals surface area contributed by atoms with Crippen molar-refractivity contribution in [2.45, 2.75) is 13.8 Å². The van der Waals surface area contributed by atoms with Crippen LogP contribution in [0.3, 0.4) is 0 Å². The Labute approximate surface area is 84.3 Å². The van der Waals surface area contributed by atoms with Gasteiger partial charge in [-0.3, -0.25) is 4.79 Å². The summed E-state index contributed by atoms with van der Waals surface area (Å²) >= 11 is 0. The van der Waals surface area contributed by atoms with Gasteiger partial charge in [0.15, 0.2) is 9.84 Å². The van der Waals surface area contributed by atoms with Crippen molar-refractivity contribution in [3.05, 3.63) is 0 Å². The Kier molecular flexibility index (Phi) is 5.71. The first-order valence-electron chi connectivity index (χ1n) is 4.29. The average molecular weight is 224 g/mol. The molecule has 0 aliphatic carbocycles. The largest absolute Gasteiger partial charge is 0.469 e. The highest BCUT2D eigenvalue weighted by atomic mass is 32.2. The second-order valence-electron chi connectivity index (χ2n) is 2.95. The van der Waals surface area contributed by atoms with Gasteiger partial charge in [0, 0.05) is 6.61 Å².